The zero-order valence-corrected chi connectivity index (χ0v) is 13.9. The Kier molecular flexibility index (Phi) is 3.49. The van der Waals surface area contributed by atoms with Crippen LogP contribution in [0.4, 0.5) is 5.69 Å². The number of hydrogen-bond donors (Lipinski definition) is 3. The van der Waals surface area contributed by atoms with E-state index in [1.54, 1.807) is 12.1 Å². The van der Waals surface area contributed by atoms with Gasteiger partial charge in [-0.05, 0) is 49.6 Å². The van der Waals surface area contributed by atoms with Crippen molar-refractivity contribution in [1.82, 2.24) is 4.98 Å². The molecule has 6 heteroatoms. The van der Waals surface area contributed by atoms with E-state index in [2.05, 4.69) is 4.98 Å². The first-order valence-electron chi connectivity index (χ1n) is 7.10. The average molecular weight is 327 g/mol. The molecule has 1 aromatic heterocycles. The summed E-state index contributed by atoms with van der Waals surface area (Å²) in [6.07, 6.45) is 0. The molecule has 0 aliphatic rings. The summed E-state index contributed by atoms with van der Waals surface area (Å²) in [5.74, 6) is -0.407. The predicted octanol–water partition coefficient (Wildman–Crippen LogP) is 3.28. The molecule has 0 fully saturated rings. The Bertz CT molecular complexity index is 960. The molecule has 5 nitrogen and oxygen atoms in total. The molecule has 0 bridgehead atoms. The van der Waals surface area contributed by atoms with Crippen molar-refractivity contribution in [2.75, 3.05) is 5.73 Å². The van der Waals surface area contributed by atoms with Crippen LogP contribution in [0, 0.1) is 20.8 Å². The first-order valence-corrected chi connectivity index (χ1v) is 7.92. The predicted molar refractivity (Wildman–Crippen MR) is 93.9 cm³/mol. The number of nitrogens with zero attached hydrogens (tertiary/aromatic N) is 1. The van der Waals surface area contributed by atoms with Gasteiger partial charge in [-0.25, -0.2) is 4.98 Å². The molecule has 0 aliphatic carbocycles. The first-order chi connectivity index (χ1) is 10.8. The maximum absolute atomic E-state index is 11.8. The zero-order chi connectivity index (χ0) is 16.9. The molecule has 118 valence electrons. The van der Waals surface area contributed by atoms with Gasteiger partial charge in [-0.15, -0.1) is 11.3 Å². The van der Waals surface area contributed by atoms with E-state index in [-0.39, 0.29) is 11.3 Å². The van der Waals surface area contributed by atoms with Gasteiger partial charge in [-0.3, -0.25) is 4.79 Å². The van der Waals surface area contributed by atoms with E-state index >= 15 is 0 Å². The molecule has 23 heavy (non-hydrogen) atoms. The number of phenolic OH excluding ortho intramolecular Hbond substituents is 1. The van der Waals surface area contributed by atoms with Crippen molar-refractivity contribution < 1.29 is 9.90 Å². The van der Waals surface area contributed by atoms with Crippen LogP contribution in [-0.2, 0) is 0 Å². The molecule has 0 spiro atoms. The van der Waals surface area contributed by atoms with E-state index < -0.39 is 5.91 Å². The lowest BCUT2D eigenvalue weighted by atomic mass is 9.92. The lowest BCUT2D eigenvalue weighted by Crippen LogP contribution is -2.14. The van der Waals surface area contributed by atoms with Gasteiger partial charge in [0.25, 0.3) is 5.91 Å². The molecule has 3 aromatic rings. The van der Waals surface area contributed by atoms with Crippen LogP contribution in [0.2, 0.25) is 0 Å². The second-order valence-electron chi connectivity index (χ2n) is 5.56. The number of carbonyl (C=O) groups excluding carboxylic acids is 1. The van der Waals surface area contributed by atoms with Gasteiger partial charge in [-0.1, -0.05) is 6.07 Å². The molecule has 1 heterocycles. The monoisotopic (exact) mass is 327 g/mol. The van der Waals surface area contributed by atoms with Crippen LogP contribution in [-0.4, -0.2) is 16.0 Å². The summed E-state index contributed by atoms with van der Waals surface area (Å²) in [4.78, 5) is 16.2. The number of primary amides is 1. The smallest absolute Gasteiger partial charge is 0.250 e. The average Bonchev–Trinajstić information content (AvgIpc) is 2.85. The number of aromatic nitrogens is 1. The number of rotatable bonds is 2. The van der Waals surface area contributed by atoms with Gasteiger partial charge in [0.1, 0.15) is 5.75 Å². The second-order valence-corrected chi connectivity index (χ2v) is 6.76. The molecule has 0 aliphatic heterocycles. The number of amides is 1. The number of aryl methyl sites for hydroxylation is 2. The fourth-order valence-corrected chi connectivity index (χ4v) is 3.83. The third-order valence-corrected chi connectivity index (χ3v) is 4.99. The number of hydrogen-bond acceptors (Lipinski definition) is 5. The largest absolute Gasteiger partial charge is 0.508 e. The lowest BCUT2D eigenvalue weighted by molar-refractivity contribution is 0.100. The molecule has 0 atom stereocenters. The van der Waals surface area contributed by atoms with Gasteiger partial charge in [0.05, 0.1) is 26.5 Å². The fraction of sp³-hybridized carbons (Fsp3) is 0.176. The van der Waals surface area contributed by atoms with Crippen molar-refractivity contribution >= 4 is 33.1 Å². The summed E-state index contributed by atoms with van der Waals surface area (Å²) in [6.45, 7) is 5.67. The number of benzene rings is 2. The van der Waals surface area contributed by atoms with Crippen LogP contribution in [0.15, 0.2) is 18.2 Å². The summed E-state index contributed by atoms with van der Waals surface area (Å²) in [5.41, 5.74) is 16.2. The zero-order valence-electron chi connectivity index (χ0n) is 13.1. The molecular formula is C17H17N3O2S. The van der Waals surface area contributed by atoms with Crippen LogP contribution >= 0.6 is 11.3 Å². The molecule has 0 saturated carbocycles. The Morgan fingerprint density at radius 3 is 2.57 bits per heavy atom. The Labute approximate surface area is 137 Å². The second kappa shape index (κ2) is 5.24. The van der Waals surface area contributed by atoms with Crippen LogP contribution in [0.25, 0.3) is 21.3 Å². The minimum absolute atomic E-state index is 0.184. The summed E-state index contributed by atoms with van der Waals surface area (Å²) >= 11 is 1.51. The fourth-order valence-electron chi connectivity index (χ4n) is 2.86. The van der Waals surface area contributed by atoms with Crippen LogP contribution in [0.5, 0.6) is 5.75 Å². The number of fused-ring (bicyclic) bond motifs is 1. The molecule has 0 radical (unpaired) electrons. The SMILES string of the molecule is Cc1nc2cc(C(N)=O)c(N)c(-c3c(C)ccc(O)c3C)c2s1. The summed E-state index contributed by atoms with van der Waals surface area (Å²) in [7, 11) is 0. The number of nitrogens with two attached hydrogens (primary N) is 2. The quantitative estimate of drug-likeness (QED) is 0.628. The van der Waals surface area contributed by atoms with E-state index in [0.29, 0.717) is 22.3 Å². The maximum Gasteiger partial charge on any atom is 0.250 e. The first kappa shape index (κ1) is 15.3. The highest BCUT2D eigenvalue weighted by Crippen LogP contribution is 2.43. The minimum Gasteiger partial charge on any atom is -0.508 e. The van der Waals surface area contributed by atoms with Crippen molar-refractivity contribution in [3.05, 3.63) is 39.9 Å². The third kappa shape index (κ3) is 2.31. The van der Waals surface area contributed by atoms with Crippen molar-refractivity contribution in [2.24, 2.45) is 5.73 Å². The molecule has 3 rings (SSSR count). The number of carbonyl (C=O) groups is 1. The lowest BCUT2D eigenvalue weighted by Gasteiger charge is -2.16. The van der Waals surface area contributed by atoms with Crippen molar-refractivity contribution in [2.45, 2.75) is 20.8 Å². The van der Waals surface area contributed by atoms with E-state index in [9.17, 15) is 9.90 Å². The summed E-state index contributed by atoms with van der Waals surface area (Å²) in [5, 5.41) is 11.0. The number of phenols is 1. The normalized spacial score (nSPS) is 11.1. The summed E-state index contributed by atoms with van der Waals surface area (Å²) < 4.78 is 0.891. The molecule has 5 N–H and O–H groups in total. The highest BCUT2D eigenvalue weighted by Gasteiger charge is 2.21. The van der Waals surface area contributed by atoms with E-state index in [0.717, 1.165) is 20.8 Å². The van der Waals surface area contributed by atoms with Gasteiger partial charge in [0.2, 0.25) is 0 Å². The summed E-state index contributed by atoms with van der Waals surface area (Å²) in [6, 6.07) is 5.11. The number of anilines is 1. The van der Waals surface area contributed by atoms with Crippen LogP contribution < -0.4 is 11.5 Å². The number of nitrogen functional groups attached to an aromatic ring is 1. The van der Waals surface area contributed by atoms with Gasteiger partial charge in [-0.2, -0.15) is 0 Å². The van der Waals surface area contributed by atoms with E-state index in [4.69, 9.17) is 11.5 Å². The van der Waals surface area contributed by atoms with Gasteiger partial charge >= 0.3 is 0 Å². The third-order valence-electron chi connectivity index (χ3n) is 3.99. The maximum atomic E-state index is 11.8. The van der Waals surface area contributed by atoms with Crippen LogP contribution in [0.3, 0.4) is 0 Å². The van der Waals surface area contributed by atoms with E-state index in [1.807, 2.05) is 26.8 Å². The van der Waals surface area contributed by atoms with Gasteiger partial charge in [0, 0.05) is 5.56 Å². The standard InChI is InChI=1S/C17H17N3O2S/c1-7-4-5-12(21)8(2)13(7)14-15(18)10(17(19)22)6-11-16(14)23-9(3)20-11/h4-6,21H,18H2,1-3H3,(H2,19,22). The Balaban J connectivity index is 2.53. The van der Waals surface area contributed by atoms with Gasteiger partial charge in [0.15, 0.2) is 0 Å². The molecule has 0 saturated heterocycles. The molecule has 2 aromatic carbocycles. The highest BCUT2D eigenvalue weighted by molar-refractivity contribution is 7.19. The molecular weight excluding hydrogens is 310 g/mol. The highest BCUT2D eigenvalue weighted by atomic mass is 32.1. The van der Waals surface area contributed by atoms with Crippen molar-refractivity contribution in [3.63, 3.8) is 0 Å². The molecule has 0 unspecified atom stereocenters. The van der Waals surface area contributed by atoms with Crippen molar-refractivity contribution in [3.8, 4) is 16.9 Å². The number of thiazole rings is 1. The van der Waals surface area contributed by atoms with E-state index in [1.165, 1.54) is 11.3 Å². The van der Waals surface area contributed by atoms with Gasteiger partial charge < -0.3 is 16.6 Å². The number of aromatic hydroxyl groups is 1. The Morgan fingerprint density at radius 2 is 1.91 bits per heavy atom. The van der Waals surface area contributed by atoms with Crippen LogP contribution in [0.1, 0.15) is 26.5 Å². The Hall–Kier alpha value is -2.60. The minimum atomic E-state index is -0.591. The molecule has 1 amide bonds. The van der Waals surface area contributed by atoms with Crippen molar-refractivity contribution in [1.29, 1.82) is 0 Å². The topological polar surface area (TPSA) is 102 Å². The Morgan fingerprint density at radius 1 is 1.22 bits per heavy atom.